The molecule has 4 rings (SSSR count). The molecule has 0 bridgehead atoms. The van der Waals surface area contributed by atoms with E-state index in [1.807, 2.05) is 18.2 Å². The van der Waals surface area contributed by atoms with E-state index in [1.165, 1.54) is 7.11 Å². The number of likely N-dealkylation sites (N-methyl/N-ethyl adjacent to an activating group) is 1. The van der Waals surface area contributed by atoms with Crippen LogP contribution in [0.4, 0.5) is 16.2 Å². The molecule has 0 aromatic heterocycles. The molecule has 8 nitrogen and oxygen atoms in total. The number of amides is 3. The van der Waals surface area contributed by atoms with Gasteiger partial charge in [0.2, 0.25) is 5.91 Å². The molecule has 3 amide bonds. The number of methoxy groups -OCH3 is 3. The van der Waals surface area contributed by atoms with Crippen LogP contribution in [0.25, 0.3) is 0 Å². The first kappa shape index (κ1) is 19.9. The molecule has 1 unspecified atom stereocenters. The van der Waals surface area contributed by atoms with Gasteiger partial charge in [0, 0.05) is 31.9 Å². The molecule has 1 saturated heterocycles. The maximum Gasteiger partial charge on any atom is 0.321 e. The van der Waals surface area contributed by atoms with E-state index in [-0.39, 0.29) is 11.9 Å². The van der Waals surface area contributed by atoms with Gasteiger partial charge in [0.05, 0.1) is 32.4 Å². The lowest BCUT2D eigenvalue weighted by Gasteiger charge is -2.24. The zero-order chi connectivity index (χ0) is 21.5. The Morgan fingerprint density at radius 1 is 1.03 bits per heavy atom. The fraction of sp³-hybridized carbons (Fsp3) is 0.364. The van der Waals surface area contributed by atoms with Gasteiger partial charge in [-0.2, -0.15) is 0 Å². The Hall–Kier alpha value is -3.42. The maximum absolute atomic E-state index is 13.2. The molecular weight excluding hydrogens is 386 g/mol. The summed E-state index contributed by atoms with van der Waals surface area (Å²) in [6, 6.07) is 10.6. The standard InChI is InChI=1S/C22H25N3O5/c1-24-18-8-6-14(28-2)11-16(18)22(20(24)26)9-10-25(13-22)21(27)23-17-7-5-15(29-3)12-19(17)30-4/h5-8,11-12H,9-10,13H2,1-4H3,(H,23,27). The summed E-state index contributed by atoms with van der Waals surface area (Å²) >= 11 is 0. The number of nitrogens with one attached hydrogen (secondary N) is 1. The first-order valence-corrected chi connectivity index (χ1v) is 9.68. The summed E-state index contributed by atoms with van der Waals surface area (Å²) in [6.45, 7) is 0.779. The van der Waals surface area contributed by atoms with Crippen LogP contribution in [0.1, 0.15) is 12.0 Å². The van der Waals surface area contributed by atoms with E-state index < -0.39 is 5.41 Å². The van der Waals surface area contributed by atoms with Gasteiger partial charge in [0.25, 0.3) is 0 Å². The largest absolute Gasteiger partial charge is 0.497 e. The Bertz CT molecular complexity index is 1010. The number of carbonyl (C=O) groups is 2. The maximum atomic E-state index is 13.2. The molecule has 1 atom stereocenters. The second kappa shape index (κ2) is 7.44. The average Bonchev–Trinajstić information content (AvgIpc) is 3.31. The molecular formula is C22H25N3O5. The van der Waals surface area contributed by atoms with Gasteiger partial charge in [-0.25, -0.2) is 4.79 Å². The molecule has 1 spiro atoms. The van der Waals surface area contributed by atoms with Crippen molar-refractivity contribution in [3.63, 3.8) is 0 Å². The zero-order valence-corrected chi connectivity index (χ0v) is 17.5. The molecule has 2 aromatic rings. The summed E-state index contributed by atoms with van der Waals surface area (Å²) in [5, 5.41) is 2.89. The molecule has 1 fully saturated rings. The normalized spacial score (nSPS) is 19.8. The molecule has 2 heterocycles. The summed E-state index contributed by atoms with van der Waals surface area (Å²) in [4.78, 5) is 29.5. The van der Waals surface area contributed by atoms with Crippen molar-refractivity contribution >= 4 is 23.3 Å². The zero-order valence-electron chi connectivity index (χ0n) is 17.5. The van der Waals surface area contributed by atoms with Crippen molar-refractivity contribution in [3.05, 3.63) is 42.0 Å². The molecule has 158 valence electrons. The van der Waals surface area contributed by atoms with Gasteiger partial charge in [0.15, 0.2) is 0 Å². The minimum atomic E-state index is -0.750. The Balaban J connectivity index is 1.58. The molecule has 0 saturated carbocycles. The number of carbonyl (C=O) groups excluding carboxylic acids is 2. The molecule has 2 aliphatic rings. The first-order chi connectivity index (χ1) is 14.4. The lowest BCUT2D eigenvalue weighted by atomic mass is 9.81. The predicted molar refractivity (Wildman–Crippen MR) is 113 cm³/mol. The van der Waals surface area contributed by atoms with Gasteiger partial charge in [-0.05, 0) is 42.3 Å². The lowest BCUT2D eigenvalue weighted by molar-refractivity contribution is -0.122. The topological polar surface area (TPSA) is 80.3 Å². The van der Waals surface area contributed by atoms with Crippen molar-refractivity contribution in [3.8, 4) is 17.2 Å². The van der Waals surface area contributed by atoms with E-state index in [1.54, 1.807) is 49.3 Å². The van der Waals surface area contributed by atoms with Crippen LogP contribution in [0.15, 0.2) is 36.4 Å². The Labute approximate surface area is 175 Å². The van der Waals surface area contributed by atoms with Crippen LogP contribution in [-0.2, 0) is 10.2 Å². The summed E-state index contributed by atoms with van der Waals surface area (Å²) in [6.07, 6.45) is 0.559. The van der Waals surface area contributed by atoms with Crippen molar-refractivity contribution in [1.29, 1.82) is 0 Å². The molecule has 2 aliphatic heterocycles. The minimum Gasteiger partial charge on any atom is -0.497 e. The van der Waals surface area contributed by atoms with E-state index in [2.05, 4.69) is 5.32 Å². The monoisotopic (exact) mass is 411 g/mol. The fourth-order valence-electron chi connectivity index (χ4n) is 4.34. The number of likely N-dealkylation sites (tertiary alicyclic amines) is 1. The number of anilines is 2. The SMILES string of the molecule is COc1ccc(NC(=O)N2CCC3(C2)C(=O)N(C)c2ccc(OC)cc23)c(OC)c1. The summed E-state index contributed by atoms with van der Waals surface area (Å²) in [5.74, 6) is 1.84. The molecule has 30 heavy (non-hydrogen) atoms. The number of rotatable bonds is 4. The molecule has 1 N–H and O–H groups in total. The summed E-state index contributed by atoms with van der Waals surface area (Å²) in [7, 11) is 6.48. The van der Waals surface area contributed by atoms with E-state index in [4.69, 9.17) is 14.2 Å². The lowest BCUT2D eigenvalue weighted by Crippen LogP contribution is -2.43. The highest BCUT2D eigenvalue weighted by Gasteiger charge is 2.54. The Morgan fingerprint density at radius 3 is 2.43 bits per heavy atom. The van der Waals surface area contributed by atoms with Gasteiger partial charge >= 0.3 is 6.03 Å². The van der Waals surface area contributed by atoms with Gasteiger partial charge in [-0.3, -0.25) is 4.79 Å². The van der Waals surface area contributed by atoms with Crippen LogP contribution in [0.2, 0.25) is 0 Å². The van der Waals surface area contributed by atoms with Crippen molar-refractivity contribution in [1.82, 2.24) is 4.90 Å². The average molecular weight is 411 g/mol. The van der Waals surface area contributed by atoms with Gasteiger partial charge < -0.3 is 29.3 Å². The van der Waals surface area contributed by atoms with Crippen LogP contribution < -0.4 is 24.4 Å². The summed E-state index contributed by atoms with van der Waals surface area (Å²) < 4.78 is 15.9. The predicted octanol–water partition coefficient (Wildman–Crippen LogP) is 2.86. The number of fused-ring (bicyclic) bond motifs is 2. The second-order valence-electron chi connectivity index (χ2n) is 7.50. The molecule has 2 aromatic carbocycles. The van der Waals surface area contributed by atoms with Crippen molar-refractivity contribution in [2.24, 2.45) is 0 Å². The first-order valence-electron chi connectivity index (χ1n) is 9.68. The third-order valence-electron chi connectivity index (χ3n) is 6.00. The quantitative estimate of drug-likeness (QED) is 0.837. The van der Waals surface area contributed by atoms with Crippen LogP contribution >= 0.6 is 0 Å². The van der Waals surface area contributed by atoms with E-state index in [0.29, 0.717) is 42.4 Å². The molecule has 0 aliphatic carbocycles. The number of urea groups is 1. The van der Waals surface area contributed by atoms with Crippen LogP contribution in [-0.4, -0.2) is 58.3 Å². The van der Waals surface area contributed by atoms with Crippen LogP contribution in [0.5, 0.6) is 17.2 Å². The third kappa shape index (κ3) is 2.99. The Kier molecular flexibility index (Phi) is 4.93. The number of hydrogen-bond acceptors (Lipinski definition) is 5. The molecule has 0 radical (unpaired) electrons. The van der Waals surface area contributed by atoms with Crippen LogP contribution in [0.3, 0.4) is 0 Å². The van der Waals surface area contributed by atoms with Gasteiger partial charge in [-0.1, -0.05) is 0 Å². The van der Waals surface area contributed by atoms with Crippen molar-refractivity contribution < 1.29 is 23.8 Å². The smallest absolute Gasteiger partial charge is 0.321 e. The van der Waals surface area contributed by atoms with Gasteiger partial charge in [0.1, 0.15) is 17.2 Å². The van der Waals surface area contributed by atoms with E-state index in [0.717, 1.165) is 11.3 Å². The molecule has 8 heteroatoms. The third-order valence-corrected chi connectivity index (χ3v) is 6.00. The second-order valence-corrected chi connectivity index (χ2v) is 7.50. The van der Waals surface area contributed by atoms with Gasteiger partial charge in [-0.15, -0.1) is 0 Å². The minimum absolute atomic E-state index is 0.00285. The van der Waals surface area contributed by atoms with Crippen molar-refractivity contribution in [2.75, 3.05) is 51.7 Å². The fourth-order valence-corrected chi connectivity index (χ4v) is 4.34. The Morgan fingerprint density at radius 2 is 1.73 bits per heavy atom. The highest BCUT2D eigenvalue weighted by atomic mass is 16.5. The van der Waals surface area contributed by atoms with E-state index >= 15 is 0 Å². The van der Waals surface area contributed by atoms with Crippen molar-refractivity contribution in [2.45, 2.75) is 11.8 Å². The highest BCUT2D eigenvalue weighted by Crippen LogP contribution is 2.48. The number of nitrogens with zero attached hydrogens (tertiary/aromatic N) is 2. The highest BCUT2D eigenvalue weighted by molar-refractivity contribution is 6.09. The summed E-state index contributed by atoms with van der Waals surface area (Å²) in [5.41, 5.74) is 1.56. The van der Waals surface area contributed by atoms with Crippen LogP contribution in [0, 0.1) is 0 Å². The number of benzene rings is 2. The van der Waals surface area contributed by atoms with E-state index in [9.17, 15) is 9.59 Å². The number of ether oxygens (including phenoxy) is 3. The number of hydrogen-bond donors (Lipinski definition) is 1.